The van der Waals surface area contributed by atoms with Crippen LogP contribution in [0.3, 0.4) is 0 Å². The zero-order chi connectivity index (χ0) is 34.0. The summed E-state index contributed by atoms with van der Waals surface area (Å²) in [4.78, 5) is 57.6. The number of rotatable bonds is 17. The van der Waals surface area contributed by atoms with Gasteiger partial charge in [0.2, 0.25) is 0 Å². The Morgan fingerprint density at radius 2 is 1.60 bits per heavy atom. The number of oxime groups is 1. The molecule has 5 atom stereocenters. The Morgan fingerprint density at radius 3 is 2.17 bits per heavy atom. The number of hydrogen-bond acceptors (Lipinski definition) is 11. The molecule has 0 bridgehead atoms. The molecule has 5 unspecified atom stereocenters. The van der Waals surface area contributed by atoms with Gasteiger partial charge >= 0.3 is 23.9 Å². The van der Waals surface area contributed by atoms with Crippen molar-refractivity contribution in [1.29, 1.82) is 0 Å². The van der Waals surface area contributed by atoms with E-state index in [4.69, 9.17) is 23.8 Å². The van der Waals surface area contributed by atoms with Gasteiger partial charge in [-0.05, 0) is 60.2 Å². The zero-order valence-electron chi connectivity index (χ0n) is 27.3. The molecule has 3 aromatic rings. The van der Waals surface area contributed by atoms with Crippen LogP contribution in [0.4, 0.5) is 0 Å². The van der Waals surface area contributed by atoms with Crippen LogP contribution >= 0.6 is 0 Å². The van der Waals surface area contributed by atoms with E-state index in [0.717, 1.165) is 27.1 Å². The molecule has 11 heteroatoms. The van der Waals surface area contributed by atoms with Gasteiger partial charge < -0.3 is 28.9 Å². The number of aliphatic hydroxyl groups is 1. The van der Waals surface area contributed by atoms with Crippen LogP contribution in [0.2, 0.25) is 0 Å². The number of esters is 3. The molecule has 0 aliphatic carbocycles. The molecule has 11 nitrogen and oxygen atoms in total. The van der Waals surface area contributed by atoms with E-state index in [1.54, 1.807) is 13.8 Å². The molecule has 1 fully saturated rings. The number of aliphatic hydroxyl groups excluding tert-OH is 1. The summed E-state index contributed by atoms with van der Waals surface area (Å²) in [6, 6.07) is 17.8. The minimum absolute atomic E-state index is 0.0353. The summed E-state index contributed by atoms with van der Waals surface area (Å²) in [5.41, 5.74) is -0.230. The van der Waals surface area contributed by atoms with Crippen LogP contribution in [-0.4, -0.2) is 74.8 Å². The average molecular weight is 650 g/mol. The van der Waals surface area contributed by atoms with Crippen molar-refractivity contribution in [3.8, 4) is 0 Å². The lowest BCUT2D eigenvalue weighted by atomic mass is 9.75. The highest BCUT2D eigenvalue weighted by Crippen LogP contribution is 2.36. The number of nitrogens with zero attached hydrogens (tertiary/aromatic N) is 1. The summed E-state index contributed by atoms with van der Waals surface area (Å²) in [7, 11) is 1.28. The van der Waals surface area contributed by atoms with Gasteiger partial charge in [0.15, 0.2) is 0 Å². The molecule has 4 rings (SSSR count). The van der Waals surface area contributed by atoms with Crippen LogP contribution in [0.25, 0.3) is 21.5 Å². The van der Waals surface area contributed by atoms with Gasteiger partial charge in [0.1, 0.15) is 19.3 Å². The maximum Gasteiger partial charge on any atom is 0.337 e. The van der Waals surface area contributed by atoms with E-state index < -0.39 is 53.7 Å². The first-order valence-electron chi connectivity index (χ1n) is 15.9. The summed E-state index contributed by atoms with van der Waals surface area (Å²) in [5.74, 6) is -5.12. The van der Waals surface area contributed by atoms with Gasteiger partial charge in [0.25, 0.3) is 0 Å². The molecule has 1 aliphatic heterocycles. The maximum atomic E-state index is 13.3. The first-order chi connectivity index (χ1) is 22.6. The number of ether oxygens (including phenoxy) is 4. The first kappa shape index (κ1) is 35.5. The van der Waals surface area contributed by atoms with Crippen LogP contribution in [0.5, 0.6) is 0 Å². The summed E-state index contributed by atoms with van der Waals surface area (Å²) in [6.07, 6.45) is 1.66. The highest BCUT2D eigenvalue weighted by molar-refractivity contribution is 6.13. The lowest BCUT2D eigenvalue weighted by Crippen LogP contribution is -2.36. The molecule has 0 saturated carbocycles. The smallest absolute Gasteiger partial charge is 0.337 e. The fraction of sp³-hybridized carbons (Fsp3) is 0.472. The second-order valence-electron chi connectivity index (χ2n) is 12.2. The highest BCUT2D eigenvalue weighted by Gasteiger charge is 2.41. The Morgan fingerprint density at radius 1 is 0.979 bits per heavy atom. The lowest BCUT2D eigenvalue weighted by molar-refractivity contribution is -0.159. The van der Waals surface area contributed by atoms with Gasteiger partial charge in [-0.2, -0.15) is 0 Å². The Bertz CT molecular complexity index is 1550. The van der Waals surface area contributed by atoms with Crippen molar-refractivity contribution in [2.75, 3.05) is 33.5 Å². The molecular weight excluding hydrogens is 606 g/mol. The van der Waals surface area contributed by atoms with E-state index in [1.807, 2.05) is 55.5 Å². The van der Waals surface area contributed by atoms with Crippen LogP contribution in [0.15, 0.2) is 59.8 Å². The van der Waals surface area contributed by atoms with Crippen molar-refractivity contribution in [2.24, 2.45) is 28.3 Å². The summed E-state index contributed by atoms with van der Waals surface area (Å²) in [6.45, 7) is 5.00. The fourth-order valence-corrected chi connectivity index (χ4v) is 5.71. The molecule has 1 aliphatic rings. The number of methoxy groups -OCH3 is 1. The molecule has 0 spiro atoms. The van der Waals surface area contributed by atoms with E-state index in [0.29, 0.717) is 13.0 Å². The minimum Gasteiger partial charge on any atom is -0.469 e. The largest absolute Gasteiger partial charge is 0.469 e. The van der Waals surface area contributed by atoms with Crippen molar-refractivity contribution in [3.05, 3.63) is 60.2 Å². The van der Waals surface area contributed by atoms with E-state index in [2.05, 4.69) is 11.2 Å². The van der Waals surface area contributed by atoms with Gasteiger partial charge in [-0.25, -0.2) is 4.79 Å². The SMILES string of the molecule is CCC(C)(CC(CC(CC(C)C(=O)O/N=C/c1c2ccccc2cc2ccccc12)C(=O)OCCO)C(=O)OCC1CO1)C(=O)OC. The predicted molar refractivity (Wildman–Crippen MR) is 174 cm³/mol. The Balaban J connectivity index is 1.52. The van der Waals surface area contributed by atoms with Crippen molar-refractivity contribution in [3.63, 3.8) is 0 Å². The normalized spacial score (nSPS) is 17.4. The van der Waals surface area contributed by atoms with Gasteiger partial charge in [-0.1, -0.05) is 67.5 Å². The molecule has 1 saturated heterocycles. The van der Waals surface area contributed by atoms with E-state index >= 15 is 0 Å². The number of benzene rings is 3. The second-order valence-corrected chi connectivity index (χ2v) is 12.2. The molecule has 1 N–H and O–H groups in total. The maximum absolute atomic E-state index is 13.3. The zero-order valence-corrected chi connectivity index (χ0v) is 27.3. The fourth-order valence-electron chi connectivity index (χ4n) is 5.71. The Hall–Kier alpha value is -4.35. The molecule has 3 aromatic carbocycles. The average Bonchev–Trinajstić information content (AvgIpc) is 3.92. The summed E-state index contributed by atoms with van der Waals surface area (Å²) in [5, 5.41) is 17.2. The number of carbonyl (C=O) groups excluding carboxylic acids is 4. The van der Waals surface area contributed by atoms with Gasteiger partial charge in [-0.3, -0.25) is 14.4 Å². The van der Waals surface area contributed by atoms with Crippen LogP contribution in [-0.2, 0) is 43.0 Å². The molecule has 1 heterocycles. The number of fused-ring (bicyclic) bond motifs is 2. The topological polar surface area (TPSA) is 150 Å². The molecule has 0 amide bonds. The highest BCUT2D eigenvalue weighted by atomic mass is 16.7. The van der Waals surface area contributed by atoms with E-state index in [-0.39, 0.29) is 38.6 Å². The number of hydrogen-bond donors (Lipinski definition) is 1. The standard InChI is InChI=1S/C36H43NO10/c1-5-36(3,35(42)43-4)19-27(34(41)46-22-28-21-45-28)18-26(33(40)44-15-14-38)16-23(2)32(39)47-37-20-31-29-12-8-6-10-24(29)17-25-11-7-9-13-30(25)31/h6-13,17,20,23,26-28,38H,5,14-16,18-19,21-22H2,1-4H3/b37-20+. The van der Waals surface area contributed by atoms with E-state index in [1.165, 1.54) is 13.3 Å². The monoisotopic (exact) mass is 649 g/mol. The van der Waals surface area contributed by atoms with Gasteiger partial charge in [-0.15, -0.1) is 0 Å². The van der Waals surface area contributed by atoms with Crippen molar-refractivity contribution >= 4 is 51.6 Å². The van der Waals surface area contributed by atoms with Gasteiger partial charge in [0.05, 0.1) is 49.7 Å². The predicted octanol–water partition coefficient (Wildman–Crippen LogP) is 4.98. The molecule has 47 heavy (non-hydrogen) atoms. The quantitative estimate of drug-likeness (QED) is 0.0404. The Kier molecular flexibility index (Phi) is 12.4. The molecular formula is C36H43NO10. The molecule has 252 valence electrons. The lowest BCUT2D eigenvalue weighted by Gasteiger charge is -2.30. The van der Waals surface area contributed by atoms with Crippen molar-refractivity contribution < 1.29 is 48.1 Å². The van der Waals surface area contributed by atoms with E-state index in [9.17, 15) is 24.3 Å². The van der Waals surface area contributed by atoms with Gasteiger partial charge in [0, 0.05) is 5.56 Å². The van der Waals surface area contributed by atoms with Crippen molar-refractivity contribution in [1.82, 2.24) is 0 Å². The first-order valence-corrected chi connectivity index (χ1v) is 15.9. The Labute approximate surface area is 274 Å². The third-order valence-corrected chi connectivity index (χ3v) is 8.72. The molecule has 0 aromatic heterocycles. The minimum atomic E-state index is -1.03. The third kappa shape index (κ3) is 9.36. The molecule has 0 radical (unpaired) electrons. The van der Waals surface area contributed by atoms with Crippen LogP contribution in [0.1, 0.15) is 52.0 Å². The second kappa shape index (κ2) is 16.5. The van der Waals surface area contributed by atoms with Crippen molar-refractivity contribution in [2.45, 2.75) is 52.6 Å². The summed E-state index contributed by atoms with van der Waals surface area (Å²) < 4.78 is 20.9. The number of epoxide rings is 1. The number of carbonyl (C=O) groups is 4. The third-order valence-electron chi connectivity index (χ3n) is 8.72. The van der Waals surface area contributed by atoms with Crippen LogP contribution in [0, 0.1) is 23.2 Å². The van der Waals surface area contributed by atoms with Crippen LogP contribution < -0.4 is 0 Å². The summed E-state index contributed by atoms with van der Waals surface area (Å²) >= 11 is 0.